The van der Waals surface area contributed by atoms with Gasteiger partial charge in [0.25, 0.3) is 5.91 Å². The van der Waals surface area contributed by atoms with Crippen molar-refractivity contribution in [2.24, 2.45) is 5.92 Å². The van der Waals surface area contributed by atoms with Crippen LogP contribution in [0.15, 0.2) is 65.1 Å². The molecule has 0 bridgehead atoms. The molecule has 0 unspecified atom stereocenters. The summed E-state index contributed by atoms with van der Waals surface area (Å²) in [7, 11) is -1.12. The van der Waals surface area contributed by atoms with E-state index in [-0.39, 0.29) is 19.4 Å². The van der Waals surface area contributed by atoms with E-state index in [0.717, 1.165) is 24.0 Å². The number of nitrogens with zero attached hydrogens (tertiary/aromatic N) is 2. The molecular formula is C42H47N5O10S. The summed E-state index contributed by atoms with van der Waals surface area (Å²) in [6.45, 7) is 1.95. The molecule has 5 atom stereocenters. The van der Waals surface area contributed by atoms with Crippen molar-refractivity contribution < 1.29 is 46.2 Å². The number of rotatable bonds is 8. The summed E-state index contributed by atoms with van der Waals surface area (Å²) in [5.74, 6) is -1.44. The molecule has 16 heteroatoms. The molecule has 0 spiro atoms. The first-order valence-corrected chi connectivity index (χ1v) is 21.3. The SMILES string of the molecule is COC(=O)N[C@H]1CCCCC/C=C\[C@H]2C[C@@]2(C(=O)NS(=O)(=O)C2CC2)NC(=O)[C@@H]2C[C@@H](Oc3cc(-c4ccc(C)cc4)nc4c3oc3ccc(OC)cc34)CN2C1=O. The number of methoxy groups -OCH3 is 2. The molecule has 2 aromatic carbocycles. The number of pyridine rings is 1. The lowest BCUT2D eigenvalue weighted by Gasteiger charge is -2.29. The number of ether oxygens (including phenoxy) is 3. The summed E-state index contributed by atoms with van der Waals surface area (Å²) in [5.41, 5.74) is 2.45. The molecule has 15 nitrogen and oxygen atoms in total. The van der Waals surface area contributed by atoms with Gasteiger partial charge in [0.2, 0.25) is 21.8 Å². The molecule has 4 amide bonds. The van der Waals surface area contributed by atoms with Gasteiger partial charge in [0, 0.05) is 24.0 Å². The van der Waals surface area contributed by atoms with Crippen LogP contribution in [0.3, 0.4) is 0 Å². The summed E-state index contributed by atoms with van der Waals surface area (Å²) in [4.78, 5) is 61.7. The third-order valence-corrected chi connectivity index (χ3v) is 13.4. The Morgan fingerprint density at radius 1 is 1.02 bits per heavy atom. The minimum absolute atomic E-state index is 0.0127. The normalized spacial score (nSPS) is 25.7. The van der Waals surface area contributed by atoms with Crippen molar-refractivity contribution in [2.75, 3.05) is 20.8 Å². The highest BCUT2D eigenvalue weighted by molar-refractivity contribution is 7.91. The number of alkyl carbamates (subject to hydrolysis) is 1. The molecule has 8 rings (SSSR count). The maximum absolute atomic E-state index is 14.5. The Balaban J connectivity index is 1.16. The number of sulfonamides is 1. The van der Waals surface area contributed by atoms with Crippen LogP contribution >= 0.6 is 0 Å². The lowest BCUT2D eigenvalue weighted by molar-refractivity contribution is -0.141. The second-order valence-corrected chi connectivity index (χ2v) is 17.7. The summed E-state index contributed by atoms with van der Waals surface area (Å²) in [6, 6.07) is 12.9. The van der Waals surface area contributed by atoms with E-state index in [2.05, 4.69) is 15.4 Å². The van der Waals surface area contributed by atoms with Crippen LogP contribution in [0.25, 0.3) is 33.3 Å². The highest BCUT2D eigenvalue weighted by atomic mass is 32.2. The van der Waals surface area contributed by atoms with Gasteiger partial charge >= 0.3 is 6.09 Å². The van der Waals surface area contributed by atoms with Crippen LogP contribution in [-0.2, 0) is 29.1 Å². The number of nitrogens with one attached hydrogen (secondary N) is 3. The minimum atomic E-state index is -3.91. The Hall–Kier alpha value is -5.64. The van der Waals surface area contributed by atoms with E-state index in [1.54, 1.807) is 25.3 Å². The Bertz CT molecular complexity index is 2410. The topological polar surface area (TPSA) is 195 Å². The Labute approximate surface area is 335 Å². The standard InChI is InChI=1S/C42H47N5O10S/c1-24-11-13-25(14-12-24)32-21-35(37-36(43-32)30-19-27(54-2)15-18-34(30)57-37)56-28-20-33-38(48)45-42(40(50)46-58(52,53)29-16-17-29)22-26(42)9-7-5-4-6-8-10-31(44-41(51)55-3)39(49)47(33)23-28/h7,9,11-15,18-19,21,26,28-29,31,33H,4-6,8,10,16-17,20,22-23H2,1-3H3,(H,44,51)(H,45,48)(H,46,50)/b9-7-/t26-,28+,31-,33-,42+/m0/s1. The summed E-state index contributed by atoms with van der Waals surface area (Å²) < 4.78 is 51.4. The molecule has 306 valence electrons. The fourth-order valence-corrected chi connectivity index (χ4v) is 9.36. The highest BCUT2D eigenvalue weighted by Gasteiger charge is 2.62. The average Bonchev–Trinajstić information content (AvgIpc) is 4.11. The molecule has 4 aliphatic rings. The van der Waals surface area contributed by atoms with E-state index >= 15 is 0 Å². The van der Waals surface area contributed by atoms with E-state index in [4.69, 9.17) is 23.6 Å². The first kappa shape index (κ1) is 39.2. The van der Waals surface area contributed by atoms with Gasteiger partial charge in [-0.25, -0.2) is 18.2 Å². The fraction of sp³-hybridized carbons (Fsp3) is 0.452. The van der Waals surface area contributed by atoms with Crippen LogP contribution in [-0.4, -0.2) is 91.9 Å². The first-order chi connectivity index (χ1) is 27.9. The molecule has 4 aromatic rings. The zero-order valence-electron chi connectivity index (χ0n) is 32.6. The zero-order chi connectivity index (χ0) is 40.8. The first-order valence-electron chi connectivity index (χ1n) is 19.7. The van der Waals surface area contributed by atoms with Gasteiger partial charge < -0.3 is 34.2 Å². The smallest absolute Gasteiger partial charge is 0.407 e. The average molecular weight is 814 g/mol. The van der Waals surface area contributed by atoms with Gasteiger partial charge in [0.1, 0.15) is 40.6 Å². The van der Waals surface area contributed by atoms with Crippen LogP contribution in [0.5, 0.6) is 11.5 Å². The second-order valence-electron chi connectivity index (χ2n) is 15.7. The van der Waals surface area contributed by atoms with Crippen molar-refractivity contribution >= 4 is 55.9 Å². The predicted octanol–water partition coefficient (Wildman–Crippen LogP) is 5.04. The number of fused-ring (bicyclic) bond motifs is 5. The van der Waals surface area contributed by atoms with Gasteiger partial charge in [-0.3, -0.25) is 19.1 Å². The quantitative estimate of drug-likeness (QED) is 0.202. The zero-order valence-corrected chi connectivity index (χ0v) is 33.4. The number of furan rings is 1. The van der Waals surface area contributed by atoms with Gasteiger partial charge in [-0.05, 0) is 63.6 Å². The summed E-state index contributed by atoms with van der Waals surface area (Å²) in [6.07, 6.45) is 6.53. The second kappa shape index (κ2) is 15.6. The molecule has 2 aliphatic heterocycles. The van der Waals surface area contributed by atoms with Gasteiger partial charge in [-0.2, -0.15) is 0 Å². The van der Waals surface area contributed by atoms with Gasteiger partial charge in [0.05, 0.1) is 37.1 Å². The molecule has 2 saturated carbocycles. The molecular weight excluding hydrogens is 767 g/mol. The van der Waals surface area contributed by atoms with Gasteiger partial charge in [-0.1, -0.05) is 54.8 Å². The molecule has 58 heavy (non-hydrogen) atoms. The lowest BCUT2D eigenvalue weighted by Crippen LogP contribution is -2.58. The van der Waals surface area contributed by atoms with Crippen molar-refractivity contribution in [3.8, 4) is 22.8 Å². The number of hydrogen-bond acceptors (Lipinski definition) is 11. The van der Waals surface area contributed by atoms with Crippen molar-refractivity contribution in [2.45, 2.75) is 93.7 Å². The van der Waals surface area contributed by atoms with Gasteiger partial charge in [0.15, 0.2) is 11.3 Å². The monoisotopic (exact) mass is 813 g/mol. The molecule has 1 saturated heterocycles. The third kappa shape index (κ3) is 7.81. The Kier molecular flexibility index (Phi) is 10.5. The minimum Gasteiger partial charge on any atom is -0.497 e. The van der Waals surface area contributed by atoms with E-state index in [0.29, 0.717) is 71.4 Å². The number of aromatic nitrogens is 1. The molecule has 2 aromatic heterocycles. The number of allylic oxidation sites excluding steroid dienone is 1. The van der Waals surface area contributed by atoms with Crippen molar-refractivity contribution in [1.29, 1.82) is 0 Å². The van der Waals surface area contributed by atoms with Crippen LogP contribution < -0.4 is 24.8 Å². The predicted molar refractivity (Wildman–Crippen MR) is 213 cm³/mol. The number of aryl methyl sites for hydroxylation is 1. The number of amides is 4. The maximum atomic E-state index is 14.5. The van der Waals surface area contributed by atoms with E-state index < -0.39 is 68.7 Å². The summed E-state index contributed by atoms with van der Waals surface area (Å²) >= 11 is 0. The lowest BCUT2D eigenvalue weighted by atomic mass is 10.1. The number of carbonyl (C=O) groups is 4. The Morgan fingerprint density at radius 2 is 1.81 bits per heavy atom. The number of carbonyl (C=O) groups excluding carboxylic acids is 4. The van der Waals surface area contributed by atoms with Crippen LogP contribution in [0.2, 0.25) is 0 Å². The van der Waals surface area contributed by atoms with Gasteiger partial charge in [-0.15, -0.1) is 0 Å². The molecule has 3 N–H and O–H groups in total. The number of hydrogen-bond donors (Lipinski definition) is 3. The van der Waals surface area contributed by atoms with Crippen molar-refractivity contribution in [3.63, 3.8) is 0 Å². The summed E-state index contributed by atoms with van der Waals surface area (Å²) in [5, 5.41) is 5.62. The Morgan fingerprint density at radius 3 is 2.55 bits per heavy atom. The van der Waals surface area contributed by atoms with Crippen LogP contribution in [0.1, 0.15) is 63.4 Å². The third-order valence-electron chi connectivity index (χ3n) is 11.6. The van der Waals surface area contributed by atoms with E-state index in [1.807, 2.05) is 49.4 Å². The van der Waals surface area contributed by atoms with Crippen LogP contribution in [0.4, 0.5) is 4.79 Å². The molecule has 3 fully saturated rings. The van der Waals surface area contributed by atoms with E-state index in [1.165, 1.54) is 12.0 Å². The number of benzene rings is 2. The maximum Gasteiger partial charge on any atom is 0.407 e. The molecule has 4 heterocycles. The van der Waals surface area contributed by atoms with E-state index in [9.17, 15) is 27.6 Å². The van der Waals surface area contributed by atoms with Crippen molar-refractivity contribution in [1.82, 2.24) is 25.2 Å². The molecule has 0 radical (unpaired) electrons. The largest absolute Gasteiger partial charge is 0.497 e. The van der Waals surface area contributed by atoms with Crippen molar-refractivity contribution in [3.05, 3.63) is 66.2 Å². The molecule has 2 aliphatic carbocycles. The van der Waals surface area contributed by atoms with Crippen LogP contribution in [0, 0.1) is 12.8 Å². The fourth-order valence-electron chi connectivity index (χ4n) is 8.00. The highest BCUT2D eigenvalue weighted by Crippen LogP contribution is 2.46.